The van der Waals surface area contributed by atoms with E-state index in [-0.39, 0.29) is 24.5 Å². The Morgan fingerprint density at radius 2 is 2.29 bits per heavy atom. The van der Waals surface area contributed by atoms with E-state index in [1.54, 1.807) is 4.90 Å². The molecule has 2 saturated heterocycles. The summed E-state index contributed by atoms with van der Waals surface area (Å²) in [7, 11) is 0. The van der Waals surface area contributed by atoms with Crippen molar-refractivity contribution in [3.63, 3.8) is 0 Å². The first-order chi connectivity index (χ1) is 8.16. The Balaban J connectivity index is 1.87. The number of carbonyl (C=O) groups excluding carboxylic acids is 1. The first kappa shape index (κ1) is 12.3. The monoisotopic (exact) mass is 242 g/mol. The minimum absolute atomic E-state index is 0.0398. The van der Waals surface area contributed by atoms with Crippen molar-refractivity contribution in [3.05, 3.63) is 0 Å². The van der Waals surface area contributed by atoms with Crippen molar-refractivity contribution in [3.8, 4) is 0 Å². The van der Waals surface area contributed by atoms with Crippen LogP contribution in [0.3, 0.4) is 0 Å². The molecule has 0 aromatic rings. The molecule has 0 aromatic carbocycles. The van der Waals surface area contributed by atoms with Crippen molar-refractivity contribution in [2.75, 3.05) is 26.2 Å². The topological polar surface area (TPSA) is 78.9 Å². The van der Waals surface area contributed by atoms with Crippen molar-refractivity contribution in [2.24, 2.45) is 0 Å². The van der Waals surface area contributed by atoms with Crippen LogP contribution in [-0.2, 0) is 14.3 Å². The number of nitrogens with one attached hydrogen (secondary N) is 1. The average molecular weight is 242 g/mol. The number of amides is 1. The van der Waals surface area contributed by atoms with Gasteiger partial charge in [-0.05, 0) is 19.4 Å². The van der Waals surface area contributed by atoms with Crippen LogP contribution in [0.5, 0.6) is 0 Å². The summed E-state index contributed by atoms with van der Waals surface area (Å²) in [5.41, 5.74) is 0. The molecule has 1 amide bonds. The Labute approximate surface area is 99.9 Å². The van der Waals surface area contributed by atoms with Crippen LogP contribution in [0.4, 0.5) is 0 Å². The van der Waals surface area contributed by atoms with Gasteiger partial charge in [0.15, 0.2) is 0 Å². The minimum Gasteiger partial charge on any atom is -0.481 e. The lowest BCUT2D eigenvalue weighted by Crippen LogP contribution is -2.51. The van der Waals surface area contributed by atoms with Gasteiger partial charge in [-0.3, -0.25) is 9.59 Å². The van der Waals surface area contributed by atoms with Gasteiger partial charge in [0.2, 0.25) is 5.91 Å². The molecule has 2 unspecified atom stereocenters. The summed E-state index contributed by atoms with van der Waals surface area (Å²) in [5.74, 6) is -0.801. The molecule has 2 heterocycles. The van der Waals surface area contributed by atoms with E-state index in [1.807, 2.05) is 0 Å². The number of hydrogen-bond donors (Lipinski definition) is 2. The highest BCUT2D eigenvalue weighted by molar-refractivity contribution is 5.82. The van der Waals surface area contributed by atoms with Gasteiger partial charge in [0.05, 0.1) is 25.2 Å². The molecular formula is C11H18N2O4. The van der Waals surface area contributed by atoms with E-state index in [9.17, 15) is 9.59 Å². The van der Waals surface area contributed by atoms with Crippen LogP contribution in [0.15, 0.2) is 0 Å². The highest BCUT2D eigenvalue weighted by atomic mass is 16.5. The van der Waals surface area contributed by atoms with Crippen LogP contribution in [0.1, 0.15) is 19.3 Å². The van der Waals surface area contributed by atoms with E-state index in [0.29, 0.717) is 19.7 Å². The molecule has 2 fully saturated rings. The summed E-state index contributed by atoms with van der Waals surface area (Å²) in [6, 6.07) is -0.0846. The summed E-state index contributed by atoms with van der Waals surface area (Å²) >= 11 is 0. The van der Waals surface area contributed by atoms with E-state index in [2.05, 4.69) is 5.32 Å². The standard InChI is InChI=1S/C11H18N2O4/c14-10(15)6-8-7-13(4-5-17-8)11(16)9-2-1-3-12-9/h8-9,12H,1-7H2,(H,14,15). The van der Waals surface area contributed by atoms with E-state index < -0.39 is 5.97 Å². The second kappa shape index (κ2) is 5.46. The zero-order valence-corrected chi connectivity index (χ0v) is 9.72. The van der Waals surface area contributed by atoms with Crippen molar-refractivity contribution < 1.29 is 19.4 Å². The Kier molecular flexibility index (Phi) is 3.96. The highest BCUT2D eigenvalue weighted by Crippen LogP contribution is 2.13. The third-order valence-corrected chi connectivity index (χ3v) is 3.21. The van der Waals surface area contributed by atoms with Gasteiger partial charge in [-0.2, -0.15) is 0 Å². The maximum absolute atomic E-state index is 12.1. The third-order valence-electron chi connectivity index (χ3n) is 3.21. The Morgan fingerprint density at radius 3 is 2.94 bits per heavy atom. The summed E-state index contributed by atoms with van der Waals surface area (Å²) in [4.78, 5) is 24.4. The molecule has 0 aliphatic carbocycles. The van der Waals surface area contributed by atoms with E-state index in [0.717, 1.165) is 19.4 Å². The largest absolute Gasteiger partial charge is 0.481 e. The Morgan fingerprint density at radius 1 is 1.47 bits per heavy atom. The SMILES string of the molecule is O=C(O)CC1CN(C(=O)C2CCCN2)CCO1. The number of aliphatic carboxylic acids is 1. The molecule has 0 bridgehead atoms. The number of carbonyl (C=O) groups is 2. The number of ether oxygens (including phenoxy) is 1. The second-order valence-corrected chi connectivity index (χ2v) is 4.52. The van der Waals surface area contributed by atoms with Gasteiger partial charge in [0.25, 0.3) is 0 Å². The molecule has 17 heavy (non-hydrogen) atoms. The normalized spacial score (nSPS) is 29.3. The predicted octanol–water partition coefficient (Wildman–Crippen LogP) is -0.559. The van der Waals surface area contributed by atoms with Gasteiger partial charge >= 0.3 is 5.97 Å². The fourth-order valence-electron chi connectivity index (χ4n) is 2.35. The molecule has 0 aromatic heterocycles. The van der Waals surface area contributed by atoms with E-state index in [1.165, 1.54) is 0 Å². The van der Waals surface area contributed by atoms with E-state index >= 15 is 0 Å². The van der Waals surface area contributed by atoms with Crippen LogP contribution in [0.2, 0.25) is 0 Å². The quantitative estimate of drug-likeness (QED) is 0.693. The van der Waals surface area contributed by atoms with Gasteiger partial charge in [0, 0.05) is 13.1 Å². The van der Waals surface area contributed by atoms with Gasteiger partial charge < -0.3 is 20.1 Å². The average Bonchev–Trinajstić information content (AvgIpc) is 2.81. The molecule has 96 valence electrons. The van der Waals surface area contributed by atoms with Crippen LogP contribution in [0, 0.1) is 0 Å². The molecule has 6 nitrogen and oxygen atoms in total. The lowest BCUT2D eigenvalue weighted by Gasteiger charge is -2.33. The smallest absolute Gasteiger partial charge is 0.306 e. The van der Waals surface area contributed by atoms with Gasteiger partial charge in [-0.15, -0.1) is 0 Å². The number of rotatable bonds is 3. The molecule has 0 saturated carbocycles. The zero-order chi connectivity index (χ0) is 12.3. The Hall–Kier alpha value is -1.14. The van der Waals surface area contributed by atoms with Crippen molar-refractivity contribution in [2.45, 2.75) is 31.4 Å². The van der Waals surface area contributed by atoms with Crippen LogP contribution < -0.4 is 5.32 Å². The lowest BCUT2D eigenvalue weighted by atomic mass is 10.1. The number of hydrogen-bond acceptors (Lipinski definition) is 4. The summed E-state index contributed by atoms with van der Waals surface area (Å²) in [5, 5.41) is 11.9. The zero-order valence-electron chi connectivity index (χ0n) is 9.72. The minimum atomic E-state index is -0.886. The molecule has 2 rings (SSSR count). The number of nitrogens with zero attached hydrogens (tertiary/aromatic N) is 1. The van der Waals surface area contributed by atoms with Gasteiger partial charge in [-0.1, -0.05) is 0 Å². The van der Waals surface area contributed by atoms with Crippen molar-refractivity contribution in [1.82, 2.24) is 10.2 Å². The maximum Gasteiger partial charge on any atom is 0.306 e. The second-order valence-electron chi connectivity index (χ2n) is 4.52. The van der Waals surface area contributed by atoms with Crippen molar-refractivity contribution in [1.29, 1.82) is 0 Å². The third kappa shape index (κ3) is 3.17. The number of carboxylic acid groups (broad SMARTS) is 1. The molecular weight excluding hydrogens is 224 g/mol. The summed E-state index contributed by atoms with van der Waals surface area (Å²) in [6.07, 6.45) is 1.49. The maximum atomic E-state index is 12.1. The molecule has 2 atom stereocenters. The molecule has 2 aliphatic rings. The van der Waals surface area contributed by atoms with Gasteiger partial charge in [0.1, 0.15) is 0 Å². The fourth-order valence-corrected chi connectivity index (χ4v) is 2.35. The molecule has 0 spiro atoms. The van der Waals surface area contributed by atoms with E-state index in [4.69, 9.17) is 9.84 Å². The first-order valence-electron chi connectivity index (χ1n) is 6.02. The van der Waals surface area contributed by atoms with Gasteiger partial charge in [-0.25, -0.2) is 0 Å². The van der Waals surface area contributed by atoms with Crippen LogP contribution in [-0.4, -0.2) is 60.3 Å². The number of morpholine rings is 1. The lowest BCUT2D eigenvalue weighted by molar-refractivity contribution is -0.148. The van der Waals surface area contributed by atoms with Crippen molar-refractivity contribution >= 4 is 11.9 Å². The van der Waals surface area contributed by atoms with Crippen LogP contribution >= 0.6 is 0 Å². The molecule has 6 heteroatoms. The molecule has 2 aliphatic heterocycles. The van der Waals surface area contributed by atoms with Crippen LogP contribution in [0.25, 0.3) is 0 Å². The first-order valence-corrected chi connectivity index (χ1v) is 6.02. The fraction of sp³-hybridized carbons (Fsp3) is 0.818. The Bertz CT molecular complexity index is 302. The number of carboxylic acids is 1. The predicted molar refractivity (Wildman–Crippen MR) is 59.6 cm³/mol. The molecule has 2 N–H and O–H groups in total. The summed E-state index contributed by atoms with van der Waals surface area (Å²) in [6.45, 7) is 2.27. The highest BCUT2D eigenvalue weighted by Gasteiger charge is 2.31. The molecule has 0 radical (unpaired) electrons. The summed E-state index contributed by atoms with van der Waals surface area (Å²) < 4.78 is 5.34.